The molecule has 19 heavy (non-hydrogen) atoms. The van der Waals surface area contributed by atoms with Crippen molar-refractivity contribution in [3.05, 3.63) is 59.8 Å². The summed E-state index contributed by atoms with van der Waals surface area (Å²) in [5.41, 5.74) is 2.63. The van der Waals surface area contributed by atoms with E-state index in [0.29, 0.717) is 0 Å². The first kappa shape index (κ1) is 14.1. The first-order valence-corrected chi connectivity index (χ1v) is 7.70. The molecule has 1 aromatic carbocycles. The maximum absolute atomic E-state index is 4.50. The SMILES string of the molecule is CCCNCc1cccnc1SCc1ccccc1. The fourth-order valence-electron chi connectivity index (χ4n) is 1.81. The highest BCUT2D eigenvalue weighted by Crippen LogP contribution is 2.23. The number of thioether (sulfide) groups is 1. The van der Waals surface area contributed by atoms with Crippen molar-refractivity contribution in [2.24, 2.45) is 0 Å². The minimum atomic E-state index is 0.902. The summed E-state index contributed by atoms with van der Waals surface area (Å²) in [4.78, 5) is 4.50. The summed E-state index contributed by atoms with van der Waals surface area (Å²) in [6, 6.07) is 14.7. The summed E-state index contributed by atoms with van der Waals surface area (Å²) in [7, 11) is 0. The second-order valence-corrected chi connectivity index (χ2v) is 5.38. The molecule has 1 aromatic heterocycles. The molecule has 1 heterocycles. The van der Waals surface area contributed by atoms with Gasteiger partial charge >= 0.3 is 0 Å². The molecule has 100 valence electrons. The molecule has 0 unspecified atom stereocenters. The minimum absolute atomic E-state index is 0.902. The van der Waals surface area contributed by atoms with Crippen molar-refractivity contribution in [3.8, 4) is 0 Å². The number of aromatic nitrogens is 1. The van der Waals surface area contributed by atoms with Crippen LogP contribution in [-0.4, -0.2) is 11.5 Å². The second kappa shape index (κ2) is 7.97. The van der Waals surface area contributed by atoms with Gasteiger partial charge in [0.05, 0.1) is 0 Å². The standard InChI is InChI=1S/C16H20N2S/c1-2-10-17-12-15-9-6-11-18-16(15)19-13-14-7-4-3-5-8-14/h3-9,11,17H,2,10,12-13H2,1H3. The van der Waals surface area contributed by atoms with E-state index in [1.807, 2.05) is 24.0 Å². The molecule has 2 rings (SSSR count). The van der Waals surface area contributed by atoms with E-state index in [9.17, 15) is 0 Å². The first-order valence-electron chi connectivity index (χ1n) is 6.71. The van der Waals surface area contributed by atoms with Crippen LogP contribution < -0.4 is 5.32 Å². The van der Waals surface area contributed by atoms with E-state index < -0.39 is 0 Å². The van der Waals surface area contributed by atoms with Gasteiger partial charge in [-0.15, -0.1) is 11.8 Å². The molecule has 1 N–H and O–H groups in total. The minimum Gasteiger partial charge on any atom is -0.313 e. The smallest absolute Gasteiger partial charge is 0.101 e. The van der Waals surface area contributed by atoms with Gasteiger partial charge in [0.1, 0.15) is 5.03 Å². The molecule has 0 saturated heterocycles. The van der Waals surface area contributed by atoms with Crippen molar-refractivity contribution in [1.29, 1.82) is 0 Å². The Morgan fingerprint density at radius 2 is 1.95 bits per heavy atom. The summed E-state index contributed by atoms with van der Waals surface area (Å²) in [6.07, 6.45) is 3.03. The molecule has 0 fully saturated rings. The highest BCUT2D eigenvalue weighted by molar-refractivity contribution is 7.98. The number of nitrogens with zero attached hydrogens (tertiary/aromatic N) is 1. The van der Waals surface area contributed by atoms with Gasteiger partial charge in [-0.1, -0.05) is 43.3 Å². The summed E-state index contributed by atoms with van der Waals surface area (Å²) in [5, 5.41) is 4.57. The summed E-state index contributed by atoms with van der Waals surface area (Å²) < 4.78 is 0. The van der Waals surface area contributed by atoms with Crippen molar-refractivity contribution in [3.63, 3.8) is 0 Å². The number of hydrogen-bond acceptors (Lipinski definition) is 3. The predicted molar refractivity (Wildman–Crippen MR) is 82.2 cm³/mol. The molecule has 3 heteroatoms. The van der Waals surface area contributed by atoms with Crippen LogP contribution in [0.4, 0.5) is 0 Å². The maximum Gasteiger partial charge on any atom is 0.101 e. The Morgan fingerprint density at radius 3 is 2.74 bits per heavy atom. The highest BCUT2D eigenvalue weighted by Gasteiger charge is 2.04. The van der Waals surface area contributed by atoms with Gasteiger partial charge in [-0.05, 0) is 30.2 Å². The molecular formula is C16H20N2S. The number of nitrogens with one attached hydrogen (secondary N) is 1. The van der Waals surface area contributed by atoms with Gasteiger partial charge in [0, 0.05) is 18.5 Å². The maximum atomic E-state index is 4.50. The quantitative estimate of drug-likeness (QED) is 0.612. The van der Waals surface area contributed by atoms with Gasteiger partial charge in [-0.25, -0.2) is 4.98 Å². The monoisotopic (exact) mass is 272 g/mol. The third kappa shape index (κ3) is 4.69. The lowest BCUT2D eigenvalue weighted by Gasteiger charge is -2.08. The van der Waals surface area contributed by atoms with E-state index in [0.717, 1.165) is 30.3 Å². The van der Waals surface area contributed by atoms with E-state index in [4.69, 9.17) is 0 Å². The molecule has 0 spiro atoms. The Morgan fingerprint density at radius 1 is 1.11 bits per heavy atom. The van der Waals surface area contributed by atoms with Crippen molar-refractivity contribution < 1.29 is 0 Å². The zero-order chi connectivity index (χ0) is 13.3. The Kier molecular flexibility index (Phi) is 5.92. The van der Waals surface area contributed by atoms with E-state index in [1.165, 1.54) is 11.1 Å². The van der Waals surface area contributed by atoms with Crippen LogP contribution in [0.1, 0.15) is 24.5 Å². The summed E-state index contributed by atoms with van der Waals surface area (Å²) in [5.74, 6) is 0.971. The fourth-order valence-corrected chi connectivity index (χ4v) is 2.77. The molecule has 0 aliphatic heterocycles. The zero-order valence-electron chi connectivity index (χ0n) is 11.3. The molecule has 2 nitrogen and oxygen atoms in total. The zero-order valence-corrected chi connectivity index (χ0v) is 12.1. The van der Waals surface area contributed by atoms with Crippen molar-refractivity contribution >= 4 is 11.8 Å². The number of benzene rings is 1. The highest BCUT2D eigenvalue weighted by atomic mass is 32.2. The Labute approximate surface area is 119 Å². The van der Waals surface area contributed by atoms with E-state index in [-0.39, 0.29) is 0 Å². The van der Waals surface area contributed by atoms with E-state index in [1.54, 1.807) is 0 Å². The van der Waals surface area contributed by atoms with Crippen LogP contribution in [0, 0.1) is 0 Å². The van der Waals surface area contributed by atoms with Crippen LogP contribution in [0.2, 0.25) is 0 Å². The lowest BCUT2D eigenvalue weighted by Crippen LogP contribution is -2.14. The third-order valence-corrected chi connectivity index (χ3v) is 3.93. The Balaban J connectivity index is 1.95. The van der Waals surface area contributed by atoms with Crippen molar-refractivity contribution in [2.45, 2.75) is 30.7 Å². The lowest BCUT2D eigenvalue weighted by atomic mass is 10.2. The normalized spacial score (nSPS) is 10.6. The van der Waals surface area contributed by atoms with Gasteiger partial charge in [0.25, 0.3) is 0 Å². The van der Waals surface area contributed by atoms with Gasteiger partial charge in [0.2, 0.25) is 0 Å². The van der Waals surface area contributed by atoms with Crippen molar-refractivity contribution in [2.75, 3.05) is 6.54 Å². The largest absolute Gasteiger partial charge is 0.313 e. The first-order chi connectivity index (χ1) is 9.40. The Bertz CT molecular complexity index is 485. The molecule has 0 atom stereocenters. The van der Waals surface area contributed by atoms with Crippen LogP contribution in [0.5, 0.6) is 0 Å². The van der Waals surface area contributed by atoms with Gasteiger partial charge in [-0.2, -0.15) is 0 Å². The number of pyridine rings is 1. The molecule has 0 saturated carbocycles. The molecule has 0 bridgehead atoms. The molecule has 0 aliphatic rings. The van der Waals surface area contributed by atoms with Crippen LogP contribution in [0.25, 0.3) is 0 Å². The number of hydrogen-bond donors (Lipinski definition) is 1. The van der Waals surface area contributed by atoms with Gasteiger partial charge in [-0.3, -0.25) is 0 Å². The lowest BCUT2D eigenvalue weighted by molar-refractivity contribution is 0.665. The molecule has 0 radical (unpaired) electrons. The summed E-state index contributed by atoms with van der Waals surface area (Å²) >= 11 is 1.81. The summed E-state index contributed by atoms with van der Waals surface area (Å²) in [6.45, 7) is 4.14. The molecular weight excluding hydrogens is 252 g/mol. The van der Waals surface area contributed by atoms with Crippen LogP contribution in [0.15, 0.2) is 53.7 Å². The van der Waals surface area contributed by atoms with Crippen LogP contribution in [-0.2, 0) is 12.3 Å². The van der Waals surface area contributed by atoms with E-state index >= 15 is 0 Å². The number of rotatable bonds is 7. The average Bonchev–Trinajstić information content (AvgIpc) is 2.48. The topological polar surface area (TPSA) is 24.9 Å². The average molecular weight is 272 g/mol. The van der Waals surface area contributed by atoms with Crippen molar-refractivity contribution in [1.82, 2.24) is 10.3 Å². The fraction of sp³-hybridized carbons (Fsp3) is 0.312. The molecule has 0 amide bonds. The van der Waals surface area contributed by atoms with Gasteiger partial charge < -0.3 is 5.32 Å². The van der Waals surface area contributed by atoms with Gasteiger partial charge in [0.15, 0.2) is 0 Å². The third-order valence-electron chi connectivity index (χ3n) is 2.81. The van der Waals surface area contributed by atoms with Crippen LogP contribution >= 0.6 is 11.8 Å². The predicted octanol–water partition coefficient (Wildman–Crippen LogP) is 3.87. The molecule has 2 aromatic rings. The second-order valence-electron chi connectivity index (χ2n) is 4.42. The molecule has 0 aliphatic carbocycles. The van der Waals surface area contributed by atoms with E-state index in [2.05, 4.69) is 53.6 Å². The Hall–Kier alpha value is -1.32. The van der Waals surface area contributed by atoms with Crippen LogP contribution in [0.3, 0.4) is 0 Å².